The maximum atomic E-state index is 13.3. The Morgan fingerprint density at radius 3 is 2.11 bits per heavy atom. The maximum Gasteiger partial charge on any atom is 0.341 e. The van der Waals surface area contributed by atoms with Crippen LogP contribution in [-0.2, 0) is 9.53 Å². The molecule has 4 aromatic rings. The van der Waals surface area contributed by atoms with Gasteiger partial charge in [-0.1, -0.05) is 54.1 Å². The molecule has 5 nitrogen and oxygen atoms in total. The van der Waals surface area contributed by atoms with E-state index >= 15 is 0 Å². The fourth-order valence-corrected chi connectivity index (χ4v) is 4.47. The van der Waals surface area contributed by atoms with Crippen LogP contribution in [0.5, 0.6) is 5.75 Å². The van der Waals surface area contributed by atoms with Gasteiger partial charge in [0.25, 0.3) is 5.91 Å². The summed E-state index contributed by atoms with van der Waals surface area (Å²) >= 11 is 1.20. The topological polar surface area (TPSA) is 64.6 Å². The zero-order chi connectivity index (χ0) is 24.8. The summed E-state index contributed by atoms with van der Waals surface area (Å²) in [6, 6.07) is 21.5. The lowest BCUT2D eigenvalue weighted by Crippen LogP contribution is -2.21. The van der Waals surface area contributed by atoms with Crippen LogP contribution in [-0.4, -0.2) is 25.1 Å². The molecule has 4 rings (SSSR count). The molecular formula is C28H24FNO4S. The molecule has 0 aliphatic carbocycles. The van der Waals surface area contributed by atoms with Crippen LogP contribution < -0.4 is 10.1 Å². The second-order valence-electron chi connectivity index (χ2n) is 7.81. The van der Waals surface area contributed by atoms with Gasteiger partial charge in [0.2, 0.25) is 0 Å². The van der Waals surface area contributed by atoms with Crippen LogP contribution in [0.15, 0.2) is 78.2 Å². The molecule has 1 heterocycles. The Hall–Kier alpha value is -3.97. The van der Waals surface area contributed by atoms with Crippen molar-refractivity contribution in [1.82, 2.24) is 0 Å². The van der Waals surface area contributed by atoms with Crippen molar-refractivity contribution in [3.05, 3.63) is 95.1 Å². The standard InChI is InChI=1S/C28H24FNO4S/c1-3-33-28(32)26-24(21-8-12-22(29)13-9-21)17-35-27(26)30-25(31)16-34-23-14-10-20(11-15-23)19-6-4-18(2)5-7-19/h4-15,17H,3,16H2,1-2H3,(H,30,31). The molecule has 0 spiro atoms. The van der Waals surface area contributed by atoms with Crippen molar-refractivity contribution in [1.29, 1.82) is 0 Å². The molecule has 0 unspecified atom stereocenters. The normalized spacial score (nSPS) is 10.6. The van der Waals surface area contributed by atoms with E-state index in [0.717, 1.165) is 11.1 Å². The van der Waals surface area contributed by atoms with Gasteiger partial charge in [-0.3, -0.25) is 4.79 Å². The van der Waals surface area contributed by atoms with Crippen LogP contribution in [0.25, 0.3) is 22.3 Å². The van der Waals surface area contributed by atoms with E-state index in [4.69, 9.17) is 9.47 Å². The third-order valence-electron chi connectivity index (χ3n) is 5.29. The van der Waals surface area contributed by atoms with Crippen LogP contribution in [0, 0.1) is 12.7 Å². The minimum Gasteiger partial charge on any atom is -0.484 e. The summed E-state index contributed by atoms with van der Waals surface area (Å²) in [5, 5.41) is 4.83. The van der Waals surface area contributed by atoms with E-state index in [0.29, 0.717) is 21.9 Å². The van der Waals surface area contributed by atoms with E-state index < -0.39 is 11.9 Å². The Labute approximate surface area is 207 Å². The molecule has 0 fully saturated rings. The van der Waals surface area contributed by atoms with Crippen molar-refractivity contribution in [2.24, 2.45) is 0 Å². The monoisotopic (exact) mass is 489 g/mol. The van der Waals surface area contributed by atoms with E-state index in [-0.39, 0.29) is 24.6 Å². The summed E-state index contributed by atoms with van der Waals surface area (Å²) in [5.41, 5.74) is 4.79. The summed E-state index contributed by atoms with van der Waals surface area (Å²) in [5.74, 6) is -0.791. The van der Waals surface area contributed by atoms with E-state index in [1.807, 2.05) is 31.2 Å². The number of thiophene rings is 1. The molecule has 0 bridgehead atoms. The highest BCUT2D eigenvalue weighted by Gasteiger charge is 2.23. The zero-order valence-electron chi connectivity index (χ0n) is 19.3. The number of esters is 1. The number of halogens is 1. The summed E-state index contributed by atoms with van der Waals surface area (Å²) in [7, 11) is 0. The predicted octanol–water partition coefficient (Wildman–Crippen LogP) is 6.72. The van der Waals surface area contributed by atoms with E-state index in [1.54, 1.807) is 24.4 Å². The molecule has 0 radical (unpaired) electrons. The van der Waals surface area contributed by atoms with Crippen LogP contribution in [0.1, 0.15) is 22.8 Å². The average Bonchev–Trinajstić information content (AvgIpc) is 3.27. The fraction of sp³-hybridized carbons (Fsp3) is 0.143. The van der Waals surface area contributed by atoms with Gasteiger partial charge >= 0.3 is 5.97 Å². The van der Waals surface area contributed by atoms with Gasteiger partial charge in [-0.15, -0.1) is 11.3 Å². The first-order valence-corrected chi connectivity index (χ1v) is 12.0. The second kappa shape index (κ2) is 11.0. The number of aryl methyl sites for hydroxylation is 1. The molecule has 0 aliphatic rings. The summed E-state index contributed by atoms with van der Waals surface area (Å²) in [6.45, 7) is 3.71. The molecule has 0 saturated heterocycles. The number of hydrogen-bond donors (Lipinski definition) is 1. The lowest BCUT2D eigenvalue weighted by atomic mass is 10.0. The van der Waals surface area contributed by atoms with Crippen LogP contribution in [0.3, 0.4) is 0 Å². The number of anilines is 1. The van der Waals surface area contributed by atoms with Crippen molar-refractivity contribution in [3.63, 3.8) is 0 Å². The first kappa shape index (κ1) is 24.2. The van der Waals surface area contributed by atoms with E-state index in [1.165, 1.54) is 29.0 Å². The SMILES string of the molecule is CCOC(=O)c1c(-c2ccc(F)cc2)csc1NC(=O)COc1ccc(-c2ccc(C)cc2)cc1. The largest absolute Gasteiger partial charge is 0.484 e. The molecule has 0 saturated carbocycles. The molecule has 1 aromatic heterocycles. The van der Waals surface area contributed by atoms with Crippen LogP contribution >= 0.6 is 11.3 Å². The molecule has 1 amide bonds. The number of hydrogen-bond acceptors (Lipinski definition) is 5. The molecule has 1 N–H and O–H groups in total. The number of carbonyl (C=O) groups is 2. The zero-order valence-corrected chi connectivity index (χ0v) is 20.2. The lowest BCUT2D eigenvalue weighted by Gasteiger charge is -2.10. The molecular weight excluding hydrogens is 465 g/mol. The van der Waals surface area contributed by atoms with Crippen molar-refractivity contribution >= 4 is 28.2 Å². The lowest BCUT2D eigenvalue weighted by molar-refractivity contribution is -0.118. The Kier molecular flexibility index (Phi) is 7.57. The van der Waals surface area contributed by atoms with Crippen molar-refractivity contribution in [3.8, 4) is 28.0 Å². The van der Waals surface area contributed by atoms with Gasteiger partial charge in [-0.2, -0.15) is 0 Å². The van der Waals surface area contributed by atoms with Gasteiger partial charge in [0.05, 0.1) is 6.61 Å². The van der Waals surface area contributed by atoms with Crippen LogP contribution in [0.4, 0.5) is 9.39 Å². The molecule has 0 aliphatic heterocycles. The molecule has 0 atom stereocenters. The van der Waals surface area contributed by atoms with E-state index in [9.17, 15) is 14.0 Å². The highest BCUT2D eigenvalue weighted by atomic mass is 32.1. The number of amides is 1. The Bertz CT molecular complexity index is 1310. The smallest absolute Gasteiger partial charge is 0.341 e. The minimum absolute atomic E-state index is 0.187. The number of ether oxygens (including phenoxy) is 2. The van der Waals surface area contributed by atoms with Gasteiger partial charge < -0.3 is 14.8 Å². The maximum absolute atomic E-state index is 13.3. The van der Waals surface area contributed by atoms with Crippen molar-refractivity contribution in [2.45, 2.75) is 13.8 Å². The van der Waals surface area contributed by atoms with Gasteiger partial charge in [-0.25, -0.2) is 9.18 Å². The number of nitrogens with one attached hydrogen (secondary N) is 1. The predicted molar refractivity (Wildman–Crippen MR) is 136 cm³/mol. The van der Waals surface area contributed by atoms with E-state index in [2.05, 4.69) is 29.6 Å². The van der Waals surface area contributed by atoms with Crippen molar-refractivity contribution in [2.75, 3.05) is 18.5 Å². The molecule has 7 heteroatoms. The third-order valence-corrected chi connectivity index (χ3v) is 6.18. The summed E-state index contributed by atoms with van der Waals surface area (Å²) in [6.07, 6.45) is 0. The Morgan fingerprint density at radius 1 is 0.886 bits per heavy atom. The molecule has 35 heavy (non-hydrogen) atoms. The summed E-state index contributed by atoms with van der Waals surface area (Å²) < 4.78 is 24.2. The highest BCUT2D eigenvalue weighted by Crippen LogP contribution is 2.36. The quantitative estimate of drug-likeness (QED) is 0.279. The highest BCUT2D eigenvalue weighted by molar-refractivity contribution is 7.15. The Morgan fingerprint density at radius 2 is 1.49 bits per heavy atom. The summed E-state index contributed by atoms with van der Waals surface area (Å²) in [4.78, 5) is 25.2. The minimum atomic E-state index is -0.559. The van der Waals surface area contributed by atoms with Gasteiger partial charge in [0.15, 0.2) is 6.61 Å². The Balaban J connectivity index is 1.44. The van der Waals surface area contributed by atoms with Gasteiger partial charge in [0, 0.05) is 10.9 Å². The third kappa shape index (κ3) is 5.94. The molecule has 178 valence electrons. The number of benzene rings is 3. The van der Waals surface area contributed by atoms with Crippen LogP contribution in [0.2, 0.25) is 0 Å². The van der Waals surface area contributed by atoms with Gasteiger partial charge in [-0.05, 0) is 54.8 Å². The second-order valence-corrected chi connectivity index (χ2v) is 8.69. The first-order valence-electron chi connectivity index (χ1n) is 11.1. The fourth-order valence-electron chi connectivity index (χ4n) is 3.50. The van der Waals surface area contributed by atoms with Gasteiger partial charge in [0.1, 0.15) is 22.1 Å². The average molecular weight is 490 g/mol. The number of rotatable bonds is 8. The first-order chi connectivity index (χ1) is 16.9. The van der Waals surface area contributed by atoms with Crippen molar-refractivity contribution < 1.29 is 23.5 Å². The number of carbonyl (C=O) groups excluding carboxylic acids is 2. The molecule has 3 aromatic carbocycles.